The van der Waals surface area contributed by atoms with Crippen molar-refractivity contribution in [2.45, 2.75) is 13.3 Å². The van der Waals surface area contributed by atoms with E-state index < -0.39 is 0 Å². The highest BCUT2D eigenvalue weighted by Crippen LogP contribution is 2.02. The molecule has 0 amide bonds. The zero-order valence-electron chi connectivity index (χ0n) is 9.38. The van der Waals surface area contributed by atoms with Crippen molar-refractivity contribution < 1.29 is 0 Å². The van der Waals surface area contributed by atoms with Crippen LogP contribution < -0.4 is 5.32 Å². The first kappa shape index (κ1) is 10.5. The molecule has 6 heteroatoms. The molecule has 0 aromatic carbocycles. The van der Waals surface area contributed by atoms with Gasteiger partial charge in [-0.1, -0.05) is 0 Å². The van der Waals surface area contributed by atoms with Crippen LogP contribution in [0.25, 0.3) is 0 Å². The van der Waals surface area contributed by atoms with Gasteiger partial charge < -0.3 is 9.88 Å². The summed E-state index contributed by atoms with van der Waals surface area (Å²) in [5.41, 5.74) is 0.955. The third kappa shape index (κ3) is 2.53. The normalized spacial score (nSPS) is 10.4. The standard InChI is InChI=1S/C10H14N6/c1-8-5-9(13-6-12-8)11-4-3-10-15-14-7-16(10)2/h5-7H,3-4H2,1-2H3,(H,11,12,13). The molecule has 0 aliphatic heterocycles. The van der Waals surface area contributed by atoms with E-state index in [2.05, 4.69) is 25.5 Å². The van der Waals surface area contributed by atoms with Crippen LogP contribution in [-0.2, 0) is 13.5 Å². The van der Waals surface area contributed by atoms with Gasteiger partial charge in [0.1, 0.15) is 24.3 Å². The third-order valence-electron chi connectivity index (χ3n) is 2.26. The number of aryl methyl sites for hydroxylation is 2. The maximum absolute atomic E-state index is 4.12. The Bertz CT molecular complexity index is 464. The highest BCUT2D eigenvalue weighted by atomic mass is 15.2. The average Bonchev–Trinajstić information content (AvgIpc) is 2.65. The van der Waals surface area contributed by atoms with Crippen molar-refractivity contribution in [1.82, 2.24) is 24.7 Å². The van der Waals surface area contributed by atoms with Crippen LogP contribution in [0.4, 0.5) is 5.82 Å². The first-order chi connectivity index (χ1) is 7.75. The summed E-state index contributed by atoms with van der Waals surface area (Å²) < 4.78 is 1.91. The largest absolute Gasteiger partial charge is 0.370 e. The quantitative estimate of drug-likeness (QED) is 0.812. The summed E-state index contributed by atoms with van der Waals surface area (Å²) in [7, 11) is 1.93. The van der Waals surface area contributed by atoms with Crippen LogP contribution in [0.1, 0.15) is 11.5 Å². The number of rotatable bonds is 4. The first-order valence-electron chi connectivity index (χ1n) is 5.11. The van der Waals surface area contributed by atoms with Crippen LogP contribution in [0.3, 0.4) is 0 Å². The topological polar surface area (TPSA) is 68.5 Å². The van der Waals surface area contributed by atoms with E-state index >= 15 is 0 Å². The maximum atomic E-state index is 4.12. The second-order valence-corrected chi connectivity index (χ2v) is 3.58. The molecule has 2 rings (SSSR count). The molecule has 0 unspecified atom stereocenters. The minimum Gasteiger partial charge on any atom is -0.370 e. The first-order valence-corrected chi connectivity index (χ1v) is 5.11. The van der Waals surface area contributed by atoms with Crippen molar-refractivity contribution in [1.29, 1.82) is 0 Å². The van der Waals surface area contributed by atoms with Gasteiger partial charge in [0.15, 0.2) is 0 Å². The van der Waals surface area contributed by atoms with Gasteiger partial charge in [-0.2, -0.15) is 0 Å². The Morgan fingerprint density at radius 2 is 2.25 bits per heavy atom. The van der Waals surface area contributed by atoms with Crippen LogP contribution in [0.5, 0.6) is 0 Å². The minimum atomic E-state index is 0.781. The molecule has 0 spiro atoms. The second-order valence-electron chi connectivity index (χ2n) is 3.58. The molecule has 2 aromatic rings. The summed E-state index contributed by atoms with van der Waals surface area (Å²) >= 11 is 0. The highest BCUT2D eigenvalue weighted by Gasteiger charge is 2.00. The van der Waals surface area contributed by atoms with Crippen LogP contribution in [0.15, 0.2) is 18.7 Å². The van der Waals surface area contributed by atoms with E-state index in [9.17, 15) is 0 Å². The van der Waals surface area contributed by atoms with Crippen LogP contribution >= 0.6 is 0 Å². The van der Waals surface area contributed by atoms with Gasteiger partial charge in [0.25, 0.3) is 0 Å². The summed E-state index contributed by atoms with van der Waals surface area (Å²) in [6, 6.07) is 1.91. The van der Waals surface area contributed by atoms with Gasteiger partial charge in [-0.25, -0.2) is 9.97 Å². The van der Waals surface area contributed by atoms with E-state index in [1.807, 2.05) is 24.6 Å². The molecule has 0 bridgehead atoms. The van der Waals surface area contributed by atoms with Crippen molar-refractivity contribution in [3.63, 3.8) is 0 Å². The molecule has 0 atom stereocenters. The fourth-order valence-electron chi connectivity index (χ4n) is 1.39. The number of nitrogens with zero attached hydrogens (tertiary/aromatic N) is 5. The van der Waals surface area contributed by atoms with E-state index in [1.54, 1.807) is 12.7 Å². The lowest BCUT2D eigenvalue weighted by Crippen LogP contribution is -2.09. The van der Waals surface area contributed by atoms with Crippen LogP contribution in [0, 0.1) is 6.92 Å². The summed E-state index contributed by atoms with van der Waals surface area (Å²) in [4.78, 5) is 8.15. The van der Waals surface area contributed by atoms with E-state index in [-0.39, 0.29) is 0 Å². The molecule has 0 radical (unpaired) electrons. The van der Waals surface area contributed by atoms with Crippen LogP contribution in [0.2, 0.25) is 0 Å². The maximum Gasteiger partial charge on any atom is 0.134 e. The number of anilines is 1. The van der Waals surface area contributed by atoms with E-state index in [4.69, 9.17) is 0 Å². The molecule has 16 heavy (non-hydrogen) atoms. The predicted octanol–water partition coefficient (Wildman–Crippen LogP) is 0.568. The number of hydrogen-bond donors (Lipinski definition) is 1. The number of nitrogens with one attached hydrogen (secondary N) is 1. The molecule has 2 aromatic heterocycles. The summed E-state index contributed by atoms with van der Waals surface area (Å²) in [6.45, 7) is 2.72. The molecule has 0 aliphatic carbocycles. The second kappa shape index (κ2) is 4.69. The smallest absolute Gasteiger partial charge is 0.134 e. The molecule has 6 nitrogen and oxygen atoms in total. The molecule has 0 aliphatic rings. The Balaban J connectivity index is 1.87. The SMILES string of the molecule is Cc1cc(NCCc2nncn2C)ncn1. The van der Waals surface area contributed by atoms with Gasteiger partial charge in [0.05, 0.1) is 0 Å². The lowest BCUT2D eigenvalue weighted by atomic mass is 10.4. The van der Waals surface area contributed by atoms with Gasteiger partial charge in [-0.05, 0) is 6.92 Å². The average molecular weight is 218 g/mol. The molecule has 0 saturated carbocycles. The van der Waals surface area contributed by atoms with E-state index in [0.717, 1.165) is 30.3 Å². The van der Waals surface area contributed by atoms with Gasteiger partial charge in [-0.3, -0.25) is 0 Å². The Hall–Kier alpha value is -1.98. The number of aromatic nitrogens is 5. The van der Waals surface area contributed by atoms with Crippen LogP contribution in [-0.4, -0.2) is 31.3 Å². The Kier molecular flexibility index (Phi) is 3.09. The molecule has 2 heterocycles. The monoisotopic (exact) mass is 218 g/mol. The summed E-state index contributed by atoms with van der Waals surface area (Å²) in [5.74, 6) is 1.80. The molecule has 1 N–H and O–H groups in total. The Morgan fingerprint density at radius 1 is 1.38 bits per heavy atom. The fourth-order valence-corrected chi connectivity index (χ4v) is 1.39. The van der Waals surface area contributed by atoms with Gasteiger partial charge in [0.2, 0.25) is 0 Å². The zero-order chi connectivity index (χ0) is 11.4. The Morgan fingerprint density at radius 3 is 2.94 bits per heavy atom. The van der Waals surface area contributed by atoms with Gasteiger partial charge in [-0.15, -0.1) is 10.2 Å². The minimum absolute atomic E-state index is 0.781. The summed E-state index contributed by atoms with van der Waals surface area (Å²) in [6.07, 6.45) is 4.07. The van der Waals surface area contributed by atoms with E-state index in [0.29, 0.717) is 0 Å². The molecule has 0 saturated heterocycles. The highest BCUT2D eigenvalue weighted by molar-refractivity contribution is 5.34. The lowest BCUT2D eigenvalue weighted by molar-refractivity contribution is 0.787. The van der Waals surface area contributed by atoms with Crippen molar-refractivity contribution >= 4 is 5.82 Å². The zero-order valence-corrected chi connectivity index (χ0v) is 9.38. The summed E-state index contributed by atoms with van der Waals surface area (Å²) in [5, 5.41) is 11.0. The van der Waals surface area contributed by atoms with Crippen molar-refractivity contribution in [2.24, 2.45) is 7.05 Å². The molecular weight excluding hydrogens is 204 g/mol. The predicted molar refractivity (Wildman–Crippen MR) is 60.0 cm³/mol. The Labute approximate surface area is 93.8 Å². The van der Waals surface area contributed by atoms with Crippen molar-refractivity contribution in [2.75, 3.05) is 11.9 Å². The molecular formula is C10H14N6. The number of hydrogen-bond acceptors (Lipinski definition) is 5. The van der Waals surface area contributed by atoms with E-state index in [1.165, 1.54) is 0 Å². The van der Waals surface area contributed by atoms with Crippen molar-refractivity contribution in [3.8, 4) is 0 Å². The van der Waals surface area contributed by atoms with Crippen molar-refractivity contribution in [3.05, 3.63) is 30.2 Å². The molecule has 0 fully saturated rings. The van der Waals surface area contributed by atoms with Gasteiger partial charge in [0, 0.05) is 31.8 Å². The third-order valence-corrected chi connectivity index (χ3v) is 2.26. The fraction of sp³-hybridized carbons (Fsp3) is 0.400. The molecule has 84 valence electrons. The van der Waals surface area contributed by atoms with Gasteiger partial charge >= 0.3 is 0 Å². The lowest BCUT2D eigenvalue weighted by Gasteiger charge is -2.04.